The minimum atomic E-state index is -4.03. The van der Waals surface area contributed by atoms with E-state index in [1.165, 1.54) is 12.1 Å². The van der Waals surface area contributed by atoms with E-state index in [4.69, 9.17) is 5.53 Å². The van der Waals surface area contributed by atoms with Crippen molar-refractivity contribution < 1.29 is 27.1 Å². The largest absolute Gasteiger partial charge is 0.386 e. The number of hydrogen-bond donors (Lipinski definition) is 2. The lowest BCUT2D eigenvalue weighted by Gasteiger charge is -2.21. The van der Waals surface area contributed by atoms with Crippen LogP contribution in [0.3, 0.4) is 0 Å². The highest BCUT2D eigenvalue weighted by Gasteiger charge is 2.23. The molecule has 2 N–H and O–H groups in total. The maximum Gasteiger partial charge on any atom is 0.226 e. The lowest BCUT2D eigenvalue weighted by molar-refractivity contribution is -0.121. The third-order valence-electron chi connectivity index (χ3n) is 2.90. The van der Waals surface area contributed by atoms with Crippen LogP contribution in [-0.2, 0) is 14.6 Å². The Balaban J connectivity index is 2.87. The molecule has 0 aliphatic heterocycles. The van der Waals surface area contributed by atoms with Gasteiger partial charge in [-0.15, -0.1) is 0 Å². The van der Waals surface area contributed by atoms with E-state index in [-0.39, 0.29) is 10.5 Å². The zero-order valence-electron chi connectivity index (χ0n) is 11.8. The first kappa shape index (κ1) is 18.8. The molecule has 1 aromatic carbocycles. The zero-order valence-corrected chi connectivity index (χ0v) is 12.6. The average molecular weight is 348 g/mol. The summed E-state index contributed by atoms with van der Waals surface area (Å²) in [7, 11) is -4.03. The molecule has 0 aromatic heterocycles. The molecule has 0 saturated carbocycles. The fourth-order valence-corrected chi connectivity index (χ4v) is 2.39. The first-order valence-corrected chi connectivity index (χ1v) is 7.94. The van der Waals surface area contributed by atoms with Crippen LogP contribution in [0, 0.1) is 0 Å². The van der Waals surface area contributed by atoms with Crippen LogP contribution in [0.25, 0.3) is 10.4 Å². The molecule has 1 aromatic rings. The van der Waals surface area contributed by atoms with E-state index in [2.05, 4.69) is 15.3 Å². The normalized spacial score (nSPS) is 13.7. The van der Waals surface area contributed by atoms with Gasteiger partial charge < -0.3 is 10.4 Å². The summed E-state index contributed by atoms with van der Waals surface area (Å²) in [5, 5.41) is 15.2. The number of aliphatic hydroxyl groups excluding tert-OH is 1. The number of carbonyl (C=O) groups excluding carboxylic acids is 1. The summed E-state index contributed by atoms with van der Waals surface area (Å²) in [6, 6.07) is 1.66. The van der Waals surface area contributed by atoms with Crippen molar-refractivity contribution in [1.29, 1.82) is 0 Å². The average Bonchev–Trinajstić information content (AvgIpc) is 2.57. The number of rotatable bonds is 8. The molecule has 11 heteroatoms. The number of azide groups is 1. The number of benzene rings is 1. The van der Waals surface area contributed by atoms with Crippen LogP contribution in [0.1, 0.15) is 11.7 Å². The van der Waals surface area contributed by atoms with Crippen molar-refractivity contribution in [2.45, 2.75) is 17.0 Å². The third-order valence-corrected chi connectivity index (χ3v) is 4.17. The Morgan fingerprint density at radius 3 is 2.43 bits per heavy atom. The van der Waals surface area contributed by atoms with Gasteiger partial charge in [0.15, 0.2) is 6.01 Å². The van der Waals surface area contributed by atoms with Gasteiger partial charge in [0, 0.05) is 4.91 Å². The van der Waals surface area contributed by atoms with Crippen LogP contribution in [-0.4, -0.2) is 44.7 Å². The molecule has 126 valence electrons. The van der Waals surface area contributed by atoms with E-state index in [0.717, 1.165) is 12.1 Å². The summed E-state index contributed by atoms with van der Waals surface area (Å²) in [4.78, 5) is 13.5. The number of hydrogen-bond acceptors (Lipinski definition) is 5. The third kappa shape index (κ3) is 5.16. The summed E-state index contributed by atoms with van der Waals surface area (Å²) in [6.45, 7) is -1.65. The van der Waals surface area contributed by atoms with Gasteiger partial charge in [-0.25, -0.2) is 17.2 Å². The van der Waals surface area contributed by atoms with Crippen LogP contribution < -0.4 is 5.32 Å². The van der Waals surface area contributed by atoms with Crippen LogP contribution in [0.4, 0.5) is 8.78 Å². The molecule has 0 heterocycles. The fourth-order valence-electron chi connectivity index (χ4n) is 1.72. The van der Waals surface area contributed by atoms with Gasteiger partial charge in [-0.05, 0) is 23.2 Å². The van der Waals surface area contributed by atoms with E-state index in [0.29, 0.717) is 0 Å². The van der Waals surface area contributed by atoms with Crippen molar-refractivity contribution in [3.8, 4) is 0 Å². The monoisotopic (exact) mass is 348 g/mol. The van der Waals surface area contributed by atoms with Crippen molar-refractivity contribution in [2.75, 3.05) is 19.2 Å². The Bertz CT molecular complexity index is 690. The minimum Gasteiger partial charge on any atom is -0.386 e. The highest BCUT2D eigenvalue weighted by atomic mass is 32.2. The molecule has 2 atom stereocenters. The maximum absolute atomic E-state index is 13.0. The molecule has 0 saturated heterocycles. The van der Waals surface area contributed by atoms with Crippen LogP contribution in [0.15, 0.2) is 34.3 Å². The summed E-state index contributed by atoms with van der Waals surface area (Å²) in [5.74, 6) is -0.777. The van der Waals surface area contributed by atoms with Crippen molar-refractivity contribution in [3.05, 3.63) is 40.3 Å². The SMILES string of the molecule is [N-]=[N+]=NCC(=O)N[C@H](CF)[C@H](O)c1ccc(S(=O)(=O)CF)cc1. The Morgan fingerprint density at radius 2 is 1.96 bits per heavy atom. The second-order valence-corrected chi connectivity index (χ2v) is 6.37. The quantitative estimate of drug-likeness (QED) is 0.415. The van der Waals surface area contributed by atoms with Gasteiger partial charge >= 0.3 is 0 Å². The molecular formula is C12H14F2N4O4S. The molecule has 0 bridgehead atoms. The van der Waals surface area contributed by atoms with Gasteiger partial charge in [0.2, 0.25) is 15.7 Å². The van der Waals surface area contributed by atoms with Gasteiger partial charge in [-0.3, -0.25) is 4.79 Å². The van der Waals surface area contributed by atoms with Crippen molar-refractivity contribution in [2.24, 2.45) is 5.11 Å². The Morgan fingerprint density at radius 1 is 1.35 bits per heavy atom. The predicted molar refractivity (Wildman–Crippen MR) is 76.5 cm³/mol. The van der Waals surface area contributed by atoms with E-state index >= 15 is 0 Å². The van der Waals surface area contributed by atoms with Gasteiger partial charge in [0.05, 0.1) is 10.9 Å². The number of halogens is 2. The Kier molecular flexibility index (Phi) is 6.89. The topological polar surface area (TPSA) is 132 Å². The molecule has 1 amide bonds. The molecule has 0 aliphatic carbocycles. The Labute approximate surface area is 130 Å². The second-order valence-electron chi connectivity index (χ2n) is 4.46. The summed E-state index contributed by atoms with van der Waals surface area (Å²) in [5.41, 5.74) is 8.22. The first-order valence-electron chi connectivity index (χ1n) is 6.28. The lowest BCUT2D eigenvalue weighted by atomic mass is 10.0. The van der Waals surface area contributed by atoms with Gasteiger partial charge in [-0.1, -0.05) is 17.2 Å². The van der Waals surface area contributed by atoms with E-state index in [9.17, 15) is 27.1 Å². The molecule has 23 heavy (non-hydrogen) atoms. The smallest absolute Gasteiger partial charge is 0.226 e. The molecule has 0 radical (unpaired) electrons. The summed E-state index contributed by atoms with van der Waals surface area (Å²) < 4.78 is 48.0. The summed E-state index contributed by atoms with van der Waals surface area (Å²) >= 11 is 0. The van der Waals surface area contributed by atoms with Gasteiger partial charge in [-0.2, -0.15) is 0 Å². The summed E-state index contributed by atoms with van der Waals surface area (Å²) in [6.07, 6.45) is -1.46. The number of sulfone groups is 1. The number of nitrogens with one attached hydrogen (secondary N) is 1. The number of alkyl halides is 2. The fraction of sp³-hybridized carbons (Fsp3) is 0.417. The molecule has 0 unspecified atom stereocenters. The van der Waals surface area contributed by atoms with Crippen molar-refractivity contribution in [1.82, 2.24) is 5.32 Å². The molecule has 0 spiro atoms. The van der Waals surface area contributed by atoms with Crippen LogP contribution in [0.5, 0.6) is 0 Å². The van der Waals surface area contributed by atoms with Gasteiger partial charge in [0.25, 0.3) is 0 Å². The molecule has 0 aliphatic rings. The molecule has 0 fully saturated rings. The number of amides is 1. The van der Waals surface area contributed by atoms with Crippen molar-refractivity contribution in [3.63, 3.8) is 0 Å². The Hall–Kier alpha value is -2.23. The zero-order chi connectivity index (χ0) is 17.5. The lowest BCUT2D eigenvalue weighted by Crippen LogP contribution is -2.41. The highest BCUT2D eigenvalue weighted by molar-refractivity contribution is 7.91. The second kappa shape index (κ2) is 8.42. The van der Waals surface area contributed by atoms with E-state index < -0.39 is 47.1 Å². The predicted octanol–water partition coefficient (Wildman–Crippen LogP) is 1.19. The number of carbonyl (C=O) groups is 1. The van der Waals surface area contributed by atoms with E-state index in [1.807, 2.05) is 0 Å². The number of nitrogens with zero attached hydrogens (tertiary/aromatic N) is 3. The van der Waals surface area contributed by atoms with Crippen LogP contribution >= 0.6 is 0 Å². The minimum absolute atomic E-state index is 0.134. The van der Waals surface area contributed by atoms with Crippen molar-refractivity contribution >= 4 is 15.7 Å². The number of aliphatic hydroxyl groups is 1. The van der Waals surface area contributed by atoms with Crippen LogP contribution in [0.2, 0.25) is 0 Å². The highest BCUT2D eigenvalue weighted by Crippen LogP contribution is 2.20. The maximum atomic E-state index is 13.0. The van der Waals surface area contributed by atoms with E-state index in [1.54, 1.807) is 0 Å². The molecule has 1 rings (SSSR count). The molecular weight excluding hydrogens is 334 g/mol. The standard InChI is InChI=1S/C12H14F2N4O4S/c13-5-10(17-11(19)6-16-18-15)12(20)8-1-3-9(4-2-8)23(21,22)7-14/h1-4,10,12,20H,5-7H2,(H,17,19)/t10-,12-/m1/s1. The van der Waals surface area contributed by atoms with Gasteiger partial charge in [0.1, 0.15) is 19.3 Å². The first-order chi connectivity index (χ1) is 10.9. The molecule has 8 nitrogen and oxygen atoms in total.